The van der Waals surface area contributed by atoms with Crippen molar-refractivity contribution in [3.63, 3.8) is 0 Å². The lowest BCUT2D eigenvalue weighted by molar-refractivity contribution is 0.0779. The standard InChI is InChI=1S/C20H26ClNO2/c1-4-13-15-8-14(15)11(2)16-9-22(10-17(13)16)20(23)12-5-6-19(24-3)18(21)7-12/h5-7,11,13-17H,4,8-10H2,1-3H3. The molecule has 0 radical (unpaired) electrons. The van der Waals surface area contributed by atoms with E-state index >= 15 is 0 Å². The summed E-state index contributed by atoms with van der Waals surface area (Å²) in [6, 6.07) is 5.35. The molecule has 2 saturated carbocycles. The fourth-order valence-corrected chi connectivity index (χ4v) is 5.84. The minimum atomic E-state index is 0.115. The minimum Gasteiger partial charge on any atom is -0.495 e. The largest absolute Gasteiger partial charge is 0.495 e. The second-order valence-corrected chi connectivity index (χ2v) is 8.29. The Kier molecular flexibility index (Phi) is 4.03. The van der Waals surface area contributed by atoms with E-state index in [0.29, 0.717) is 28.2 Å². The van der Waals surface area contributed by atoms with Gasteiger partial charge in [-0.1, -0.05) is 31.9 Å². The first kappa shape index (κ1) is 16.3. The molecule has 6 atom stereocenters. The van der Waals surface area contributed by atoms with Gasteiger partial charge in [0.25, 0.3) is 5.91 Å². The molecule has 0 bridgehead atoms. The number of methoxy groups -OCH3 is 1. The van der Waals surface area contributed by atoms with E-state index in [1.165, 1.54) is 12.8 Å². The molecule has 24 heavy (non-hydrogen) atoms. The Morgan fingerprint density at radius 3 is 2.67 bits per heavy atom. The van der Waals surface area contributed by atoms with Crippen molar-refractivity contribution >= 4 is 17.5 Å². The minimum absolute atomic E-state index is 0.115. The van der Waals surface area contributed by atoms with Crippen LogP contribution in [0.3, 0.4) is 0 Å². The number of carbonyl (C=O) groups excluding carboxylic acids is 1. The molecule has 6 unspecified atom stereocenters. The first-order valence-corrected chi connectivity index (χ1v) is 9.55. The molecule has 0 spiro atoms. The maximum atomic E-state index is 13.0. The van der Waals surface area contributed by atoms with Gasteiger partial charge in [-0.3, -0.25) is 4.79 Å². The smallest absolute Gasteiger partial charge is 0.253 e. The summed E-state index contributed by atoms with van der Waals surface area (Å²) in [4.78, 5) is 15.0. The Bertz CT molecular complexity index is 661. The predicted molar refractivity (Wildman–Crippen MR) is 95.4 cm³/mol. The van der Waals surface area contributed by atoms with Gasteiger partial charge in [0.05, 0.1) is 12.1 Å². The van der Waals surface area contributed by atoms with Gasteiger partial charge in [-0.2, -0.15) is 0 Å². The van der Waals surface area contributed by atoms with Crippen LogP contribution in [-0.4, -0.2) is 31.0 Å². The number of nitrogens with zero attached hydrogens (tertiary/aromatic N) is 1. The number of hydrogen-bond donors (Lipinski definition) is 0. The third-order valence-corrected chi connectivity index (χ3v) is 7.21. The fourth-order valence-electron chi connectivity index (χ4n) is 5.58. The van der Waals surface area contributed by atoms with Crippen LogP contribution >= 0.6 is 11.6 Å². The van der Waals surface area contributed by atoms with E-state index in [-0.39, 0.29) is 5.91 Å². The molecule has 2 aliphatic carbocycles. The molecule has 130 valence electrons. The summed E-state index contributed by atoms with van der Waals surface area (Å²) in [5, 5.41) is 0.501. The predicted octanol–water partition coefficient (Wildman–Crippen LogP) is 4.35. The molecule has 3 aliphatic rings. The summed E-state index contributed by atoms with van der Waals surface area (Å²) in [7, 11) is 1.59. The molecule has 3 fully saturated rings. The molecule has 0 aromatic heterocycles. The molecule has 1 aromatic carbocycles. The first-order valence-electron chi connectivity index (χ1n) is 9.18. The van der Waals surface area contributed by atoms with Gasteiger partial charge in [0.1, 0.15) is 5.75 Å². The molecular formula is C20H26ClNO2. The Hall–Kier alpha value is -1.22. The monoisotopic (exact) mass is 347 g/mol. The van der Waals surface area contributed by atoms with E-state index in [0.717, 1.165) is 36.8 Å². The lowest BCUT2D eigenvalue weighted by Gasteiger charge is -2.36. The average Bonchev–Trinajstić information content (AvgIpc) is 3.25. The lowest BCUT2D eigenvalue weighted by Crippen LogP contribution is -2.34. The molecule has 4 rings (SSSR count). The van der Waals surface area contributed by atoms with E-state index in [2.05, 4.69) is 18.7 Å². The summed E-state index contributed by atoms with van der Waals surface area (Å²) >= 11 is 6.20. The highest BCUT2D eigenvalue weighted by molar-refractivity contribution is 6.32. The topological polar surface area (TPSA) is 29.5 Å². The Morgan fingerprint density at radius 2 is 2.00 bits per heavy atom. The molecule has 1 aromatic rings. The van der Waals surface area contributed by atoms with Crippen molar-refractivity contribution in [3.05, 3.63) is 28.8 Å². The number of halogens is 1. The SMILES string of the molecule is CCC1C2CC2C(C)C2CN(C(=O)c3ccc(OC)c(Cl)c3)CC21. The van der Waals surface area contributed by atoms with Crippen molar-refractivity contribution < 1.29 is 9.53 Å². The highest BCUT2D eigenvalue weighted by Crippen LogP contribution is 2.62. The molecular weight excluding hydrogens is 322 g/mol. The van der Waals surface area contributed by atoms with Crippen LogP contribution in [0.5, 0.6) is 5.75 Å². The van der Waals surface area contributed by atoms with Crippen LogP contribution in [-0.2, 0) is 0 Å². The normalized spacial score (nSPS) is 36.9. The fraction of sp³-hybridized carbons (Fsp3) is 0.650. The van der Waals surface area contributed by atoms with Gasteiger partial charge in [-0.15, -0.1) is 0 Å². The van der Waals surface area contributed by atoms with Gasteiger partial charge in [-0.25, -0.2) is 0 Å². The van der Waals surface area contributed by atoms with E-state index in [4.69, 9.17) is 16.3 Å². The zero-order chi connectivity index (χ0) is 17.0. The van der Waals surface area contributed by atoms with Gasteiger partial charge >= 0.3 is 0 Å². The van der Waals surface area contributed by atoms with E-state index in [1.54, 1.807) is 19.2 Å². The van der Waals surface area contributed by atoms with Crippen molar-refractivity contribution in [2.24, 2.45) is 35.5 Å². The van der Waals surface area contributed by atoms with Gasteiger partial charge < -0.3 is 9.64 Å². The number of amides is 1. The Labute approximate surface area is 149 Å². The van der Waals surface area contributed by atoms with E-state index in [1.807, 2.05) is 6.07 Å². The van der Waals surface area contributed by atoms with E-state index in [9.17, 15) is 4.79 Å². The second kappa shape index (κ2) is 5.94. The third kappa shape index (κ3) is 2.44. The van der Waals surface area contributed by atoms with Crippen LogP contribution in [0.2, 0.25) is 5.02 Å². The number of benzene rings is 1. The van der Waals surface area contributed by atoms with Crippen molar-refractivity contribution in [2.45, 2.75) is 26.7 Å². The van der Waals surface area contributed by atoms with Gasteiger partial charge in [0, 0.05) is 18.7 Å². The summed E-state index contributed by atoms with van der Waals surface area (Å²) in [5.41, 5.74) is 0.672. The van der Waals surface area contributed by atoms with Crippen molar-refractivity contribution in [1.29, 1.82) is 0 Å². The Morgan fingerprint density at radius 1 is 1.25 bits per heavy atom. The third-order valence-electron chi connectivity index (χ3n) is 6.91. The van der Waals surface area contributed by atoms with Crippen LogP contribution in [0, 0.1) is 35.5 Å². The van der Waals surface area contributed by atoms with Crippen molar-refractivity contribution in [2.75, 3.05) is 20.2 Å². The van der Waals surface area contributed by atoms with Gasteiger partial charge in [-0.05, 0) is 60.1 Å². The first-order chi connectivity index (χ1) is 11.5. The molecule has 4 heteroatoms. The van der Waals surface area contributed by atoms with Crippen LogP contribution in [0.1, 0.15) is 37.0 Å². The Balaban J connectivity index is 1.54. The highest BCUT2D eigenvalue weighted by atomic mass is 35.5. The summed E-state index contributed by atoms with van der Waals surface area (Å²) < 4.78 is 5.18. The summed E-state index contributed by atoms with van der Waals surface area (Å²) in [6.45, 7) is 6.56. The van der Waals surface area contributed by atoms with Crippen LogP contribution in [0.4, 0.5) is 0 Å². The van der Waals surface area contributed by atoms with E-state index < -0.39 is 0 Å². The van der Waals surface area contributed by atoms with Crippen LogP contribution in [0.25, 0.3) is 0 Å². The van der Waals surface area contributed by atoms with Gasteiger partial charge in [0.2, 0.25) is 0 Å². The maximum Gasteiger partial charge on any atom is 0.253 e. The van der Waals surface area contributed by atoms with Crippen LogP contribution < -0.4 is 4.74 Å². The lowest BCUT2D eigenvalue weighted by atomic mass is 9.68. The maximum absolute atomic E-state index is 13.0. The quantitative estimate of drug-likeness (QED) is 0.813. The molecule has 1 heterocycles. The van der Waals surface area contributed by atoms with Crippen molar-refractivity contribution in [1.82, 2.24) is 4.90 Å². The molecule has 0 N–H and O–H groups in total. The zero-order valence-electron chi connectivity index (χ0n) is 14.7. The number of fused-ring (bicyclic) bond motifs is 2. The molecule has 1 aliphatic heterocycles. The second-order valence-electron chi connectivity index (χ2n) is 7.88. The molecule has 1 amide bonds. The molecule has 3 nitrogen and oxygen atoms in total. The van der Waals surface area contributed by atoms with Crippen molar-refractivity contribution in [3.8, 4) is 5.75 Å². The molecule has 1 saturated heterocycles. The summed E-state index contributed by atoms with van der Waals surface area (Å²) in [6.07, 6.45) is 2.68. The number of carbonyl (C=O) groups is 1. The number of ether oxygens (including phenoxy) is 1. The average molecular weight is 348 g/mol. The number of rotatable bonds is 3. The van der Waals surface area contributed by atoms with Gasteiger partial charge in [0.15, 0.2) is 0 Å². The number of hydrogen-bond acceptors (Lipinski definition) is 2. The van der Waals surface area contributed by atoms with Crippen LogP contribution in [0.15, 0.2) is 18.2 Å². The number of likely N-dealkylation sites (tertiary alicyclic amines) is 1. The highest BCUT2D eigenvalue weighted by Gasteiger charge is 2.58. The summed E-state index contributed by atoms with van der Waals surface area (Å²) in [5.74, 6) is 5.52. The zero-order valence-corrected chi connectivity index (χ0v) is 15.4.